The van der Waals surface area contributed by atoms with E-state index in [4.69, 9.17) is 9.47 Å². The van der Waals surface area contributed by atoms with Crippen LogP contribution in [0.1, 0.15) is 105 Å². The maximum absolute atomic E-state index is 11.5. The number of carbonyl (C=O) groups excluding carboxylic acids is 2. The molecule has 0 bridgehead atoms. The highest BCUT2D eigenvalue weighted by atomic mass is 16.5. The van der Waals surface area contributed by atoms with Crippen LogP contribution in [-0.4, -0.2) is 25.2 Å². The maximum Gasteiger partial charge on any atom is 0.330 e. The zero-order valence-electron chi connectivity index (χ0n) is 18.8. The van der Waals surface area contributed by atoms with Crippen LogP contribution in [0.5, 0.6) is 0 Å². The molecular formula is C24H44O4. The Kier molecular flexibility index (Phi) is 18.1. The average molecular weight is 397 g/mol. The zero-order valence-corrected chi connectivity index (χ0v) is 18.8. The molecule has 0 aromatic carbocycles. The lowest BCUT2D eigenvalue weighted by Crippen LogP contribution is -2.09. The molecular weight excluding hydrogens is 352 g/mol. The van der Waals surface area contributed by atoms with Crippen LogP contribution in [-0.2, 0) is 19.1 Å². The van der Waals surface area contributed by atoms with E-state index in [1.807, 2.05) is 19.9 Å². The van der Waals surface area contributed by atoms with Crippen LogP contribution in [0.25, 0.3) is 0 Å². The highest BCUT2D eigenvalue weighted by Gasteiger charge is 2.04. The van der Waals surface area contributed by atoms with Gasteiger partial charge in [-0.05, 0) is 31.1 Å². The van der Waals surface area contributed by atoms with Gasteiger partial charge in [0.05, 0.1) is 13.2 Å². The standard InChI is InChI=1S/C24H44O4/c1-21(2)19-27-23(25)17-15-13-11-9-7-5-6-8-10-12-14-16-18-24(26)28-20-22(3)4/h15,17,21-22H,5-14,16,18-20H2,1-4H3/b17-15+. The van der Waals surface area contributed by atoms with Crippen LogP contribution in [0, 0.1) is 11.8 Å². The lowest BCUT2D eigenvalue weighted by Gasteiger charge is -2.07. The first-order valence-corrected chi connectivity index (χ1v) is 11.4. The Hall–Kier alpha value is -1.32. The normalized spacial score (nSPS) is 11.5. The summed E-state index contributed by atoms with van der Waals surface area (Å²) in [5.41, 5.74) is 0. The largest absolute Gasteiger partial charge is 0.465 e. The van der Waals surface area contributed by atoms with Gasteiger partial charge in [0.25, 0.3) is 0 Å². The molecule has 0 atom stereocenters. The predicted molar refractivity (Wildman–Crippen MR) is 116 cm³/mol. The van der Waals surface area contributed by atoms with Crippen molar-refractivity contribution in [3.8, 4) is 0 Å². The molecule has 0 amide bonds. The van der Waals surface area contributed by atoms with Crippen molar-refractivity contribution in [2.75, 3.05) is 13.2 Å². The smallest absolute Gasteiger partial charge is 0.330 e. The molecule has 0 radical (unpaired) electrons. The van der Waals surface area contributed by atoms with Crippen molar-refractivity contribution in [1.82, 2.24) is 0 Å². The molecule has 0 rings (SSSR count). The summed E-state index contributed by atoms with van der Waals surface area (Å²) in [4.78, 5) is 22.9. The van der Waals surface area contributed by atoms with Gasteiger partial charge in [-0.25, -0.2) is 4.79 Å². The van der Waals surface area contributed by atoms with Crippen LogP contribution < -0.4 is 0 Å². The Balaban J connectivity index is 3.27. The lowest BCUT2D eigenvalue weighted by atomic mass is 10.1. The molecule has 0 fully saturated rings. The van der Waals surface area contributed by atoms with Crippen molar-refractivity contribution in [3.63, 3.8) is 0 Å². The summed E-state index contributed by atoms with van der Waals surface area (Å²) in [7, 11) is 0. The van der Waals surface area contributed by atoms with E-state index in [9.17, 15) is 9.59 Å². The summed E-state index contributed by atoms with van der Waals surface area (Å²) in [5, 5.41) is 0. The Bertz CT molecular complexity index is 413. The third kappa shape index (κ3) is 21.0. The molecule has 0 aliphatic carbocycles. The fourth-order valence-corrected chi connectivity index (χ4v) is 2.75. The zero-order chi connectivity index (χ0) is 21.0. The fourth-order valence-electron chi connectivity index (χ4n) is 2.75. The van der Waals surface area contributed by atoms with E-state index in [0.717, 1.165) is 25.7 Å². The SMILES string of the molecule is CC(C)COC(=O)/C=C/CCCCCCCCCCCCC(=O)OCC(C)C. The third-order valence-electron chi connectivity index (χ3n) is 4.39. The average Bonchev–Trinajstić information content (AvgIpc) is 2.64. The first kappa shape index (κ1) is 26.7. The quantitative estimate of drug-likeness (QED) is 0.148. The molecule has 0 unspecified atom stereocenters. The summed E-state index contributed by atoms with van der Waals surface area (Å²) in [6.45, 7) is 9.21. The van der Waals surface area contributed by atoms with Crippen molar-refractivity contribution in [2.24, 2.45) is 11.8 Å². The van der Waals surface area contributed by atoms with Crippen LogP contribution in [0.2, 0.25) is 0 Å². The number of esters is 2. The van der Waals surface area contributed by atoms with Crippen molar-refractivity contribution in [1.29, 1.82) is 0 Å². The molecule has 4 heteroatoms. The van der Waals surface area contributed by atoms with Gasteiger partial charge in [-0.2, -0.15) is 0 Å². The highest BCUT2D eigenvalue weighted by molar-refractivity contribution is 5.81. The summed E-state index contributed by atoms with van der Waals surface area (Å²) >= 11 is 0. The first-order chi connectivity index (χ1) is 13.4. The van der Waals surface area contributed by atoms with Gasteiger partial charge in [-0.15, -0.1) is 0 Å². The van der Waals surface area contributed by atoms with E-state index >= 15 is 0 Å². The van der Waals surface area contributed by atoms with Gasteiger partial charge in [0.1, 0.15) is 0 Å². The van der Waals surface area contributed by atoms with Crippen molar-refractivity contribution >= 4 is 11.9 Å². The summed E-state index contributed by atoms with van der Waals surface area (Å²) in [6, 6.07) is 0. The molecule has 28 heavy (non-hydrogen) atoms. The predicted octanol–water partition coefficient (Wildman–Crippen LogP) is 6.62. The number of unbranched alkanes of at least 4 members (excludes halogenated alkanes) is 10. The van der Waals surface area contributed by atoms with Crippen molar-refractivity contribution < 1.29 is 19.1 Å². The van der Waals surface area contributed by atoms with E-state index in [2.05, 4.69) is 13.8 Å². The van der Waals surface area contributed by atoms with Crippen molar-refractivity contribution in [3.05, 3.63) is 12.2 Å². The number of allylic oxidation sites excluding steroid dienone is 1. The van der Waals surface area contributed by atoms with E-state index in [0.29, 0.717) is 31.5 Å². The Labute approximate surface area is 173 Å². The maximum atomic E-state index is 11.5. The van der Waals surface area contributed by atoms with Gasteiger partial charge < -0.3 is 9.47 Å². The van der Waals surface area contributed by atoms with Gasteiger partial charge in [-0.3, -0.25) is 4.79 Å². The molecule has 0 saturated carbocycles. The van der Waals surface area contributed by atoms with E-state index in [1.165, 1.54) is 44.9 Å². The molecule has 4 nitrogen and oxygen atoms in total. The summed E-state index contributed by atoms with van der Waals surface area (Å²) in [5.74, 6) is 0.534. The lowest BCUT2D eigenvalue weighted by molar-refractivity contribution is -0.145. The van der Waals surface area contributed by atoms with Crippen LogP contribution >= 0.6 is 0 Å². The van der Waals surface area contributed by atoms with E-state index in [-0.39, 0.29) is 11.9 Å². The summed E-state index contributed by atoms with van der Waals surface area (Å²) < 4.78 is 10.3. The second-order valence-corrected chi connectivity index (χ2v) is 8.58. The van der Waals surface area contributed by atoms with Gasteiger partial charge in [0.2, 0.25) is 0 Å². The molecule has 0 aliphatic heterocycles. The highest BCUT2D eigenvalue weighted by Crippen LogP contribution is 2.12. The number of carbonyl (C=O) groups is 2. The Morgan fingerprint density at radius 1 is 0.679 bits per heavy atom. The van der Waals surface area contributed by atoms with Gasteiger partial charge in [0, 0.05) is 12.5 Å². The van der Waals surface area contributed by atoms with Gasteiger partial charge in [-0.1, -0.05) is 85.1 Å². The molecule has 0 saturated heterocycles. The van der Waals surface area contributed by atoms with Gasteiger partial charge >= 0.3 is 11.9 Å². The molecule has 0 heterocycles. The number of rotatable bonds is 18. The summed E-state index contributed by atoms with van der Waals surface area (Å²) in [6.07, 6.45) is 17.1. The molecule has 0 spiro atoms. The molecule has 0 aliphatic rings. The van der Waals surface area contributed by atoms with Crippen LogP contribution in [0.4, 0.5) is 0 Å². The molecule has 0 aromatic rings. The molecule has 164 valence electrons. The van der Waals surface area contributed by atoms with Gasteiger partial charge in [0.15, 0.2) is 0 Å². The molecule has 0 aromatic heterocycles. The minimum absolute atomic E-state index is 0.0454. The second kappa shape index (κ2) is 19.0. The number of ether oxygens (including phenoxy) is 2. The third-order valence-corrected chi connectivity index (χ3v) is 4.39. The Morgan fingerprint density at radius 2 is 1.14 bits per heavy atom. The fraction of sp³-hybridized carbons (Fsp3) is 0.833. The molecule has 0 N–H and O–H groups in total. The second-order valence-electron chi connectivity index (χ2n) is 8.58. The van der Waals surface area contributed by atoms with E-state index < -0.39 is 0 Å². The van der Waals surface area contributed by atoms with Crippen LogP contribution in [0.3, 0.4) is 0 Å². The Morgan fingerprint density at radius 3 is 1.68 bits per heavy atom. The number of hydrogen-bond acceptors (Lipinski definition) is 4. The van der Waals surface area contributed by atoms with Crippen LogP contribution in [0.15, 0.2) is 12.2 Å². The number of hydrogen-bond donors (Lipinski definition) is 0. The minimum atomic E-state index is -0.221. The van der Waals surface area contributed by atoms with E-state index in [1.54, 1.807) is 6.08 Å². The van der Waals surface area contributed by atoms with Crippen molar-refractivity contribution in [2.45, 2.75) is 105 Å². The topological polar surface area (TPSA) is 52.6 Å². The first-order valence-electron chi connectivity index (χ1n) is 11.4. The minimum Gasteiger partial charge on any atom is -0.465 e. The monoisotopic (exact) mass is 396 g/mol.